The van der Waals surface area contributed by atoms with E-state index in [1.54, 1.807) is 7.11 Å². The number of unbranched alkanes of at least 4 members (excludes halogenated alkanes) is 1. The minimum atomic E-state index is -0.255. The van der Waals surface area contributed by atoms with Crippen LogP contribution in [0.15, 0.2) is 23.5 Å². The number of hydrogen-bond acceptors (Lipinski definition) is 5. The van der Waals surface area contributed by atoms with E-state index in [0.717, 1.165) is 37.9 Å². The second-order valence-electron chi connectivity index (χ2n) is 5.71. The number of pyridine rings is 1. The SMILES string of the molecule is COc1ccc(CNCCCCC(C)(C)/C(N)=N/O)cn1. The maximum atomic E-state index is 8.71. The van der Waals surface area contributed by atoms with Crippen molar-refractivity contribution < 1.29 is 9.94 Å². The molecule has 1 rings (SSSR count). The van der Waals surface area contributed by atoms with Gasteiger partial charge in [0.25, 0.3) is 0 Å². The fraction of sp³-hybridized carbons (Fsp3) is 0.600. The number of nitrogens with one attached hydrogen (secondary N) is 1. The molecule has 1 aromatic heterocycles. The summed E-state index contributed by atoms with van der Waals surface area (Å²) in [7, 11) is 1.61. The third-order valence-electron chi connectivity index (χ3n) is 3.54. The molecule has 118 valence electrons. The molecule has 0 radical (unpaired) electrons. The lowest BCUT2D eigenvalue weighted by molar-refractivity contribution is 0.304. The van der Waals surface area contributed by atoms with Crippen LogP contribution in [0.4, 0.5) is 0 Å². The van der Waals surface area contributed by atoms with E-state index < -0.39 is 0 Å². The van der Waals surface area contributed by atoms with E-state index in [-0.39, 0.29) is 5.41 Å². The number of hydrogen-bond donors (Lipinski definition) is 3. The molecule has 0 aliphatic rings. The van der Waals surface area contributed by atoms with Crippen LogP contribution in [0.1, 0.15) is 38.7 Å². The molecule has 0 saturated carbocycles. The molecule has 0 fully saturated rings. The Morgan fingerprint density at radius 1 is 1.43 bits per heavy atom. The van der Waals surface area contributed by atoms with E-state index in [1.165, 1.54) is 0 Å². The van der Waals surface area contributed by atoms with E-state index in [1.807, 2.05) is 32.2 Å². The second-order valence-corrected chi connectivity index (χ2v) is 5.71. The van der Waals surface area contributed by atoms with Crippen LogP contribution in [-0.2, 0) is 6.54 Å². The van der Waals surface area contributed by atoms with Crippen LogP contribution < -0.4 is 15.8 Å². The van der Waals surface area contributed by atoms with Gasteiger partial charge in [-0.2, -0.15) is 0 Å². The van der Waals surface area contributed by atoms with Crippen LogP contribution in [-0.4, -0.2) is 29.7 Å². The Hall–Kier alpha value is -1.82. The first-order valence-corrected chi connectivity index (χ1v) is 7.17. The van der Waals surface area contributed by atoms with Gasteiger partial charge < -0.3 is 21.0 Å². The summed E-state index contributed by atoms with van der Waals surface area (Å²) in [5, 5.41) is 15.2. The molecule has 6 nitrogen and oxygen atoms in total. The first-order valence-electron chi connectivity index (χ1n) is 7.17. The molecule has 4 N–H and O–H groups in total. The minimum Gasteiger partial charge on any atom is -0.481 e. The average molecular weight is 294 g/mol. The summed E-state index contributed by atoms with van der Waals surface area (Å²) in [6.07, 6.45) is 4.78. The number of methoxy groups -OCH3 is 1. The summed E-state index contributed by atoms with van der Waals surface area (Å²) >= 11 is 0. The summed E-state index contributed by atoms with van der Waals surface area (Å²) in [6.45, 7) is 5.69. The Bertz CT molecular complexity index is 443. The van der Waals surface area contributed by atoms with E-state index in [9.17, 15) is 0 Å². The standard InChI is InChI=1S/C15H26N4O2/c1-15(2,14(16)19-20)8-4-5-9-17-10-12-6-7-13(21-3)18-11-12/h6-7,11,17,20H,4-5,8-10H2,1-3H3,(H2,16,19). The van der Waals surface area contributed by atoms with Crippen LogP contribution in [0.25, 0.3) is 0 Å². The van der Waals surface area contributed by atoms with Gasteiger partial charge in [0.2, 0.25) is 5.88 Å². The van der Waals surface area contributed by atoms with Gasteiger partial charge in [-0.15, -0.1) is 0 Å². The van der Waals surface area contributed by atoms with Gasteiger partial charge in [0, 0.05) is 24.2 Å². The third-order valence-corrected chi connectivity index (χ3v) is 3.54. The van der Waals surface area contributed by atoms with Crippen LogP contribution in [0.5, 0.6) is 5.88 Å². The predicted octanol–water partition coefficient (Wildman–Crippen LogP) is 2.12. The van der Waals surface area contributed by atoms with Gasteiger partial charge >= 0.3 is 0 Å². The van der Waals surface area contributed by atoms with Crippen LogP contribution in [0, 0.1) is 5.41 Å². The van der Waals surface area contributed by atoms with Crippen molar-refractivity contribution in [2.45, 2.75) is 39.7 Å². The second kappa shape index (κ2) is 8.46. The van der Waals surface area contributed by atoms with E-state index in [2.05, 4.69) is 15.5 Å². The molecule has 0 aliphatic heterocycles. The number of oxime groups is 1. The zero-order valence-corrected chi connectivity index (χ0v) is 13.1. The summed E-state index contributed by atoms with van der Waals surface area (Å²) in [5.74, 6) is 0.920. The molecule has 1 aromatic rings. The molecule has 0 spiro atoms. The van der Waals surface area contributed by atoms with Crippen molar-refractivity contribution in [3.63, 3.8) is 0 Å². The molecule has 0 bridgehead atoms. The Morgan fingerprint density at radius 2 is 2.19 bits per heavy atom. The Kier molecular flexibility index (Phi) is 6.94. The lowest BCUT2D eigenvalue weighted by atomic mass is 9.86. The van der Waals surface area contributed by atoms with Gasteiger partial charge in [-0.05, 0) is 24.9 Å². The summed E-state index contributed by atoms with van der Waals surface area (Å²) in [4.78, 5) is 4.16. The number of ether oxygens (including phenoxy) is 1. The van der Waals surface area contributed by atoms with Gasteiger partial charge in [-0.3, -0.25) is 0 Å². The molecule has 0 amide bonds. The highest BCUT2D eigenvalue weighted by Crippen LogP contribution is 2.23. The Labute approximate surface area is 126 Å². The van der Waals surface area contributed by atoms with E-state index in [4.69, 9.17) is 15.7 Å². The quantitative estimate of drug-likeness (QED) is 0.213. The lowest BCUT2D eigenvalue weighted by Gasteiger charge is -2.22. The van der Waals surface area contributed by atoms with Gasteiger partial charge in [-0.25, -0.2) is 4.98 Å². The van der Waals surface area contributed by atoms with E-state index >= 15 is 0 Å². The number of amidine groups is 1. The maximum Gasteiger partial charge on any atom is 0.212 e. The van der Waals surface area contributed by atoms with Crippen molar-refractivity contribution in [2.75, 3.05) is 13.7 Å². The molecular formula is C15H26N4O2. The Morgan fingerprint density at radius 3 is 2.76 bits per heavy atom. The summed E-state index contributed by atoms with van der Waals surface area (Å²) < 4.78 is 5.02. The zero-order valence-electron chi connectivity index (χ0n) is 13.1. The monoisotopic (exact) mass is 294 g/mol. The molecule has 21 heavy (non-hydrogen) atoms. The Balaban J connectivity index is 2.17. The van der Waals surface area contributed by atoms with Crippen LogP contribution >= 0.6 is 0 Å². The highest BCUT2D eigenvalue weighted by Gasteiger charge is 2.22. The van der Waals surface area contributed by atoms with Crippen molar-refractivity contribution in [3.05, 3.63) is 23.9 Å². The molecule has 1 heterocycles. The van der Waals surface area contributed by atoms with Crippen molar-refractivity contribution in [2.24, 2.45) is 16.3 Å². The highest BCUT2D eigenvalue weighted by molar-refractivity contribution is 5.85. The average Bonchev–Trinajstić information content (AvgIpc) is 2.50. The van der Waals surface area contributed by atoms with E-state index in [0.29, 0.717) is 11.7 Å². The number of nitrogens with two attached hydrogens (primary N) is 1. The van der Waals surface area contributed by atoms with Crippen molar-refractivity contribution >= 4 is 5.84 Å². The van der Waals surface area contributed by atoms with Gasteiger partial charge in [0.1, 0.15) is 5.84 Å². The molecule has 0 aliphatic carbocycles. The van der Waals surface area contributed by atoms with Crippen LogP contribution in [0.2, 0.25) is 0 Å². The third kappa shape index (κ3) is 5.99. The molecule has 0 unspecified atom stereocenters. The fourth-order valence-corrected chi connectivity index (χ4v) is 1.95. The molecule has 0 atom stereocenters. The largest absolute Gasteiger partial charge is 0.481 e. The lowest BCUT2D eigenvalue weighted by Crippen LogP contribution is -2.32. The highest BCUT2D eigenvalue weighted by atomic mass is 16.5. The van der Waals surface area contributed by atoms with Gasteiger partial charge in [-0.1, -0.05) is 31.5 Å². The zero-order chi connectivity index (χ0) is 15.7. The topological polar surface area (TPSA) is 92.8 Å². The molecule has 6 heteroatoms. The van der Waals surface area contributed by atoms with Crippen molar-refractivity contribution in [1.29, 1.82) is 0 Å². The van der Waals surface area contributed by atoms with Gasteiger partial charge in [0.15, 0.2) is 0 Å². The summed E-state index contributed by atoms with van der Waals surface area (Å²) in [6, 6.07) is 3.86. The molecule has 0 aromatic carbocycles. The first kappa shape index (κ1) is 17.2. The number of aromatic nitrogens is 1. The summed E-state index contributed by atoms with van der Waals surface area (Å²) in [5.41, 5.74) is 6.54. The first-order chi connectivity index (χ1) is 9.99. The number of nitrogens with zero attached hydrogens (tertiary/aromatic N) is 2. The predicted molar refractivity (Wildman–Crippen MR) is 83.5 cm³/mol. The fourth-order valence-electron chi connectivity index (χ4n) is 1.95. The normalized spacial score (nSPS) is 12.4. The van der Waals surface area contributed by atoms with Gasteiger partial charge in [0.05, 0.1) is 7.11 Å². The minimum absolute atomic E-state index is 0.255. The van der Waals surface area contributed by atoms with Crippen LogP contribution in [0.3, 0.4) is 0 Å². The maximum absolute atomic E-state index is 8.71. The molecular weight excluding hydrogens is 268 g/mol. The molecule has 0 saturated heterocycles. The van der Waals surface area contributed by atoms with Crippen molar-refractivity contribution in [1.82, 2.24) is 10.3 Å². The smallest absolute Gasteiger partial charge is 0.212 e. The van der Waals surface area contributed by atoms with Crippen molar-refractivity contribution in [3.8, 4) is 5.88 Å². The number of rotatable bonds is 9.